The highest BCUT2D eigenvalue weighted by atomic mass is 16.5. The van der Waals surface area contributed by atoms with Gasteiger partial charge in [-0.1, -0.05) is 30.3 Å². The van der Waals surface area contributed by atoms with Crippen LogP contribution < -0.4 is 0 Å². The number of aliphatic hydroxyl groups excluding tert-OH is 1. The number of ether oxygens (including phenoxy) is 1. The van der Waals surface area contributed by atoms with E-state index in [0.717, 1.165) is 23.6 Å². The van der Waals surface area contributed by atoms with Gasteiger partial charge in [-0.25, -0.2) is 0 Å². The van der Waals surface area contributed by atoms with Crippen molar-refractivity contribution in [1.82, 2.24) is 4.90 Å². The Bertz CT molecular complexity index is 592. The van der Waals surface area contributed by atoms with Crippen molar-refractivity contribution >= 4 is 0 Å². The maximum Gasteiger partial charge on any atom is 0.118 e. The predicted molar refractivity (Wildman–Crippen MR) is 89.0 cm³/mol. The Balaban J connectivity index is 1.44. The Labute approximate surface area is 137 Å². The Kier molecular flexibility index (Phi) is 5.49. The summed E-state index contributed by atoms with van der Waals surface area (Å²) in [4.78, 5) is 2.30. The van der Waals surface area contributed by atoms with Crippen LogP contribution in [0.2, 0.25) is 0 Å². The molecule has 3 rings (SSSR count). The fourth-order valence-electron chi connectivity index (χ4n) is 2.76. The molecule has 0 bridgehead atoms. The van der Waals surface area contributed by atoms with E-state index in [1.807, 2.05) is 49.4 Å². The highest BCUT2D eigenvalue weighted by molar-refractivity contribution is 5.13. The van der Waals surface area contributed by atoms with E-state index < -0.39 is 6.10 Å². The molecule has 0 aliphatic heterocycles. The van der Waals surface area contributed by atoms with Crippen LogP contribution in [0, 0.1) is 6.92 Å². The SMILES string of the molecule is Cc1ccc(CN(CC(O)COCc2ccccc2)C2CC2)o1. The van der Waals surface area contributed by atoms with Crippen molar-refractivity contribution in [3.05, 3.63) is 59.5 Å². The van der Waals surface area contributed by atoms with Gasteiger partial charge in [-0.2, -0.15) is 0 Å². The maximum atomic E-state index is 10.3. The molecule has 4 heteroatoms. The molecule has 1 atom stereocenters. The molecule has 0 amide bonds. The molecule has 1 aliphatic rings. The fraction of sp³-hybridized carbons (Fsp3) is 0.474. The number of aryl methyl sites for hydroxylation is 1. The van der Waals surface area contributed by atoms with Gasteiger partial charge in [0.1, 0.15) is 11.5 Å². The minimum Gasteiger partial charge on any atom is -0.465 e. The van der Waals surface area contributed by atoms with Crippen molar-refractivity contribution in [3.63, 3.8) is 0 Å². The summed E-state index contributed by atoms with van der Waals surface area (Å²) in [5.41, 5.74) is 1.13. The second kappa shape index (κ2) is 7.77. The van der Waals surface area contributed by atoms with E-state index in [1.54, 1.807) is 0 Å². The maximum absolute atomic E-state index is 10.3. The van der Waals surface area contributed by atoms with Crippen molar-refractivity contribution in [2.45, 2.75) is 45.1 Å². The van der Waals surface area contributed by atoms with Gasteiger partial charge >= 0.3 is 0 Å². The lowest BCUT2D eigenvalue weighted by molar-refractivity contribution is 0.00603. The number of hydrogen-bond donors (Lipinski definition) is 1. The van der Waals surface area contributed by atoms with Crippen molar-refractivity contribution in [1.29, 1.82) is 0 Å². The van der Waals surface area contributed by atoms with Crippen LogP contribution in [0.5, 0.6) is 0 Å². The van der Waals surface area contributed by atoms with E-state index in [2.05, 4.69) is 4.90 Å². The summed E-state index contributed by atoms with van der Waals surface area (Å²) in [6.45, 7) is 4.23. The highest BCUT2D eigenvalue weighted by Gasteiger charge is 2.30. The van der Waals surface area contributed by atoms with Crippen LogP contribution in [0.4, 0.5) is 0 Å². The van der Waals surface area contributed by atoms with Gasteiger partial charge in [-0.3, -0.25) is 4.90 Å². The van der Waals surface area contributed by atoms with E-state index in [1.165, 1.54) is 12.8 Å². The number of furan rings is 1. The van der Waals surface area contributed by atoms with Crippen molar-refractivity contribution in [3.8, 4) is 0 Å². The third kappa shape index (κ3) is 5.20. The van der Waals surface area contributed by atoms with Crippen molar-refractivity contribution in [2.24, 2.45) is 0 Å². The average Bonchev–Trinajstić information content (AvgIpc) is 3.31. The number of aliphatic hydroxyl groups is 1. The van der Waals surface area contributed by atoms with Crippen molar-refractivity contribution < 1.29 is 14.3 Å². The topological polar surface area (TPSA) is 45.8 Å². The summed E-state index contributed by atoms with van der Waals surface area (Å²) in [6, 6.07) is 14.6. The molecule has 4 nitrogen and oxygen atoms in total. The quantitative estimate of drug-likeness (QED) is 0.772. The van der Waals surface area contributed by atoms with E-state index in [0.29, 0.717) is 25.8 Å². The van der Waals surface area contributed by atoms with Crippen LogP contribution >= 0.6 is 0 Å². The molecule has 0 radical (unpaired) electrons. The smallest absolute Gasteiger partial charge is 0.118 e. The van der Waals surface area contributed by atoms with Gasteiger partial charge in [0.25, 0.3) is 0 Å². The minimum absolute atomic E-state index is 0.356. The number of nitrogens with zero attached hydrogens (tertiary/aromatic N) is 1. The molecule has 2 aromatic rings. The molecule has 1 aromatic carbocycles. The zero-order valence-corrected chi connectivity index (χ0v) is 13.6. The summed E-state index contributed by atoms with van der Waals surface area (Å²) in [6.07, 6.45) is 1.93. The summed E-state index contributed by atoms with van der Waals surface area (Å²) in [7, 11) is 0. The first-order valence-corrected chi connectivity index (χ1v) is 8.30. The van der Waals surface area contributed by atoms with E-state index >= 15 is 0 Å². The molecule has 1 fully saturated rings. The number of hydrogen-bond acceptors (Lipinski definition) is 4. The van der Waals surface area contributed by atoms with Crippen LogP contribution in [0.3, 0.4) is 0 Å². The van der Waals surface area contributed by atoms with Crippen molar-refractivity contribution in [2.75, 3.05) is 13.2 Å². The van der Waals surface area contributed by atoms with Gasteiger partial charge < -0.3 is 14.3 Å². The molecule has 1 saturated carbocycles. The van der Waals surface area contributed by atoms with Crippen LogP contribution in [-0.2, 0) is 17.9 Å². The Morgan fingerprint density at radius 1 is 1.22 bits per heavy atom. The van der Waals surface area contributed by atoms with Gasteiger partial charge in [0.2, 0.25) is 0 Å². The average molecular weight is 315 g/mol. The first-order chi connectivity index (χ1) is 11.2. The summed E-state index contributed by atoms with van der Waals surface area (Å²) in [5, 5.41) is 10.3. The summed E-state index contributed by atoms with van der Waals surface area (Å²) >= 11 is 0. The van der Waals surface area contributed by atoms with Gasteiger partial charge in [0, 0.05) is 12.6 Å². The molecule has 1 aliphatic carbocycles. The summed E-state index contributed by atoms with van der Waals surface area (Å²) in [5.74, 6) is 1.90. The van der Waals surface area contributed by atoms with Crippen LogP contribution in [0.15, 0.2) is 46.9 Å². The third-order valence-electron chi connectivity index (χ3n) is 4.09. The van der Waals surface area contributed by atoms with Crippen LogP contribution in [-0.4, -0.2) is 35.3 Å². The zero-order chi connectivity index (χ0) is 16.1. The second-order valence-electron chi connectivity index (χ2n) is 6.33. The lowest BCUT2D eigenvalue weighted by atomic mass is 10.2. The lowest BCUT2D eigenvalue weighted by Crippen LogP contribution is -2.36. The Morgan fingerprint density at radius 3 is 2.65 bits per heavy atom. The highest BCUT2D eigenvalue weighted by Crippen LogP contribution is 2.28. The molecular weight excluding hydrogens is 290 g/mol. The molecular formula is C19H25NO3. The number of benzene rings is 1. The normalized spacial score (nSPS) is 16.0. The molecule has 1 heterocycles. The standard InChI is InChI=1S/C19H25NO3/c1-15-7-10-19(23-15)12-20(17-8-9-17)11-18(21)14-22-13-16-5-3-2-4-6-16/h2-7,10,17-18,21H,8-9,11-14H2,1H3. The molecule has 0 saturated heterocycles. The third-order valence-corrected chi connectivity index (χ3v) is 4.09. The number of rotatable bonds is 9. The van der Waals surface area contributed by atoms with Gasteiger partial charge in [-0.15, -0.1) is 0 Å². The first-order valence-electron chi connectivity index (χ1n) is 8.30. The van der Waals surface area contributed by atoms with Gasteiger partial charge in [0.05, 0.1) is 25.9 Å². The monoisotopic (exact) mass is 315 g/mol. The van der Waals surface area contributed by atoms with E-state index in [9.17, 15) is 5.11 Å². The van der Waals surface area contributed by atoms with E-state index in [4.69, 9.17) is 9.15 Å². The molecule has 0 spiro atoms. The van der Waals surface area contributed by atoms with Gasteiger partial charge in [-0.05, 0) is 37.5 Å². The molecule has 23 heavy (non-hydrogen) atoms. The van der Waals surface area contributed by atoms with Crippen LogP contribution in [0.25, 0.3) is 0 Å². The first kappa shape index (κ1) is 16.2. The minimum atomic E-state index is -0.477. The van der Waals surface area contributed by atoms with E-state index in [-0.39, 0.29) is 0 Å². The lowest BCUT2D eigenvalue weighted by Gasteiger charge is -2.24. The molecule has 1 aromatic heterocycles. The van der Waals surface area contributed by atoms with Gasteiger partial charge in [0.15, 0.2) is 0 Å². The Morgan fingerprint density at radius 2 is 2.00 bits per heavy atom. The second-order valence-corrected chi connectivity index (χ2v) is 6.33. The molecule has 1 N–H and O–H groups in total. The fourth-order valence-corrected chi connectivity index (χ4v) is 2.76. The van der Waals surface area contributed by atoms with Crippen LogP contribution in [0.1, 0.15) is 29.9 Å². The Hall–Kier alpha value is -1.62. The largest absolute Gasteiger partial charge is 0.465 e. The molecule has 1 unspecified atom stereocenters. The zero-order valence-electron chi connectivity index (χ0n) is 13.6. The predicted octanol–water partition coefficient (Wildman–Crippen LogP) is 3.13. The molecule has 124 valence electrons. The summed E-state index contributed by atoms with van der Waals surface area (Å²) < 4.78 is 11.3.